The molecular formula is C13H11N3O5. The van der Waals surface area contributed by atoms with E-state index in [4.69, 9.17) is 14.6 Å². The van der Waals surface area contributed by atoms with Crippen LogP contribution in [-0.2, 0) is 6.54 Å². The molecule has 108 valence electrons. The van der Waals surface area contributed by atoms with Gasteiger partial charge < -0.3 is 19.9 Å². The molecule has 2 N–H and O–H groups in total. The number of pyridine rings is 1. The van der Waals surface area contributed by atoms with E-state index in [1.54, 1.807) is 6.07 Å². The highest BCUT2D eigenvalue weighted by Crippen LogP contribution is 2.40. The second-order valence-corrected chi connectivity index (χ2v) is 4.34. The number of aromatic nitrogens is 1. The van der Waals surface area contributed by atoms with E-state index in [9.17, 15) is 10.1 Å². The molecule has 21 heavy (non-hydrogen) atoms. The number of ether oxygens (including phenoxy) is 2. The minimum atomic E-state index is -0.492. The second-order valence-electron chi connectivity index (χ2n) is 4.34. The van der Waals surface area contributed by atoms with Gasteiger partial charge in [-0.15, -0.1) is 0 Å². The van der Waals surface area contributed by atoms with Crippen molar-refractivity contribution in [3.8, 4) is 17.2 Å². The van der Waals surface area contributed by atoms with Gasteiger partial charge in [0, 0.05) is 6.07 Å². The van der Waals surface area contributed by atoms with Crippen molar-refractivity contribution in [3.05, 3.63) is 46.3 Å². The first-order valence-corrected chi connectivity index (χ1v) is 6.09. The molecule has 1 aliphatic heterocycles. The predicted molar refractivity (Wildman–Crippen MR) is 72.4 cm³/mol. The zero-order valence-corrected chi connectivity index (χ0v) is 10.8. The molecule has 0 atom stereocenters. The van der Waals surface area contributed by atoms with Crippen molar-refractivity contribution in [3.63, 3.8) is 0 Å². The number of nitrogens with one attached hydrogen (secondary N) is 1. The summed E-state index contributed by atoms with van der Waals surface area (Å²) in [7, 11) is 0. The summed E-state index contributed by atoms with van der Waals surface area (Å²) in [4.78, 5) is 14.6. The predicted octanol–water partition coefficient (Wildman–Crippen LogP) is 2.04. The fraction of sp³-hybridized carbons (Fsp3) is 0.154. The molecule has 0 fully saturated rings. The Balaban J connectivity index is 1.84. The van der Waals surface area contributed by atoms with Crippen molar-refractivity contribution >= 4 is 11.4 Å². The van der Waals surface area contributed by atoms with Gasteiger partial charge in [-0.05, 0) is 12.1 Å². The number of nitro benzene ring substituents is 1. The molecule has 1 aromatic carbocycles. The van der Waals surface area contributed by atoms with Crippen molar-refractivity contribution in [2.45, 2.75) is 6.54 Å². The van der Waals surface area contributed by atoms with Crippen molar-refractivity contribution in [2.75, 3.05) is 12.1 Å². The number of aromatic hydroxyl groups is 1. The summed E-state index contributed by atoms with van der Waals surface area (Å²) >= 11 is 0. The summed E-state index contributed by atoms with van der Waals surface area (Å²) in [6.07, 6.45) is 1.31. The monoisotopic (exact) mass is 289 g/mol. The van der Waals surface area contributed by atoms with E-state index >= 15 is 0 Å². The first-order chi connectivity index (χ1) is 10.1. The Morgan fingerprint density at radius 1 is 1.33 bits per heavy atom. The molecule has 0 radical (unpaired) electrons. The summed E-state index contributed by atoms with van der Waals surface area (Å²) in [6.45, 7) is 0.330. The van der Waals surface area contributed by atoms with E-state index in [2.05, 4.69) is 10.3 Å². The number of nitrogens with zero attached hydrogens (tertiary/aromatic N) is 2. The first kappa shape index (κ1) is 13.0. The van der Waals surface area contributed by atoms with Gasteiger partial charge in [-0.3, -0.25) is 15.1 Å². The Morgan fingerprint density at radius 2 is 2.10 bits per heavy atom. The molecule has 0 amide bonds. The molecule has 0 aliphatic carbocycles. The molecule has 1 aromatic heterocycles. The first-order valence-electron chi connectivity index (χ1n) is 6.09. The van der Waals surface area contributed by atoms with Crippen molar-refractivity contribution in [1.29, 1.82) is 0 Å². The topological polar surface area (TPSA) is 107 Å². The van der Waals surface area contributed by atoms with Gasteiger partial charge in [0.1, 0.15) is 11.4 Å². The maximum absolute atomic E-state index is 11.1. The minimum Gasteiger partial charge on any atom is -0.506 e. The van der Waals surface area contributed by atoms with E-state index < -0.39 is 4.92 Å². The lowest BCUT2D eigenvalue weighted by Gasteiger charge is -2.08. The summed E-state index contributed by atoms with van der Waals surface area (Å²) in [6, 6.07) is 5.98. The Bertz CT molecular complexity index is 687. The van der Waals surface area contributed by atoms with Gasteiger partial charge in [0.25, 0.3) is 5.69 Å². The lowest BCUT2D eigenvalue weighted by Crippen LogP contribution is -2.04. The van der Waals surface area contributed by atoms with Gasteiger partial charge in [0.05, 0.1) is 29.4 Å². The van der Waals surface area contributed by atoms with E-state index in [1.165, 1.54) is 24.4 Å². The average molecular weight is 289 g/mol. The Morgan fingerprint density at radius 3 is 2.76 bits per heavy atom. The lowest BCUT2D eigenvalue weighted by atomic mass is 10.2. The maximum atomic E-state index is 11.1. The summed E-state index contributed by atoms with van der Waals surface area (Å²) in [5, 5.41) is 23.2. The number of rotatable bonds is 4. The molecular weight excluding hydrogens is 278 g/mol. The van der Waals surface area contributed by atoms with E-state index in [0.717, 1.165) is 0 Å². The number of benzene rings is 1. The highest BCUT2D eigenvalue weighted by Gasteiger charge is 2.23. The Kier molecular flexibility index (Phi) is 3.19. The summed E-state index contributed by atoms with van der Waals surface area (Å²) in [5.74, 6) is 0.879. The lowest BCUT2D eigenvalue weighted by molar-refractivity contribution is -0.384. The Labute approximate surface area is 119 Å². The van der Waals surface area contributed by atoms with Gasteiger partial charge in [-0.2, -0.15) is 0 Å². The zero-order chi connectivity index (χ0) is 14.8. The average Bonchev–Trinajstić information content (AvgIpc) is 2.92. The number of anilines is 1. The van der Waals surface area contributed by atoms with Crippen LogP contribution in [0.2, 0.25) is 0 Å². The normalized spacial score (nSPS) is 12.2. The van der Waals surface area contributed by atoms with E-state index in [-0.39, 0.29) is 24.8 Å². The standard InChI is InChI=1S/C13H11N3O5/c17-9-2-1-8(14-6-9)5-15-10-3-12-13(21-7-20-12)4-11(10)16(18)19/h1-4,6,15,17H,5,7H2. The molecule has 3 rings (SSSR count). The molecule has 1 aliphatic rings. The highest BCUT2D eigenvalue weighted by molar-refractivity contribution is 5.68. The largest absolute Gasteiger partial charge is 0.506 e. The molecule has 0 bridgehead atoms. The van der Waals surface area contributed by atoms with Gasteiger partial charge in [-0.25, -0.2) is 0 Å². The summed E-state index contributed by atoms with van der Waals surface area (Å²) < 4.78 is 10.3. The van der Waals surface area contributed by atoms with Gasteiger partial charge in [0.15, 0.2) is 11.5 Å². The molecule has 2 aromatic rings. The molecule has 0 saturated heterocycles. The van der Waals surface area contributed by atoms with Crippen LogP contribution in [0.15, 0.2) is 30.5 Å². The number of hydrogen-bond donors (Lipinski definition) is 2. The van der Waals surface area contributed by atoms with Crippen molar-refractivity contribution in [2.24, 2.45) is 0 Å². The van der Waals surface area contributed by atoms with Crippen LogP contribution >= 0.6 is 0 Å². The summed E-state index contributed by atoms with van der Waals surface area (Å²) in [5.41, 5.74) is 0.858. The zero-order valence-electron chi connectivity index (χ0n) is 10.8. The second kappa shape index (κ2) is 5.16. The highest BCUT2D eigenvalue weighted by atomic mass is 16.7. The van der Waals surface area contributed by atoms with Gasteiger partial charge in [-0.1, -0.05) is 0 Å². The molecule has 0 saturated carbocycles. The Hall–Kier alpha value is -3.03. The van der Waals surface area contributed by atoms with E-state index in [1.807, 2.05) is 0 Å². The fourth-order valence-electron chi connectivity index (χ4n) is 1.93. The quantitative estimate of drug-likeness (QED) is 0.655. The van der Waals surface area contributed by atoms with E-state index in [0.29, 0.717) is 22.9 Å². The van der Waals surface area contributed by atoms with Crippen LogP contribution in [0.5, 0.6) is 17.2 Å². The van der Waals surface area contributed by atoms with Crippen molar-refractivity contribution < 1.29 is 19.5 Å². The smallest absolute Gasteiger partial charge is 0.296 e. The van der Waals surface area contributed by atoms with Crippen LogP contribution in [0.3, 0.4) is 0 Å². The molecule has 8 heteroatoms. The minimum absolute atomic E-state index is 0.0511. The van der Waals surface area contributed by atoms with Gasteiger partial charge >= 0.3 is 0 Å². The van der Waals surface area contributed by atoms with Crippen LogP contribution < -0.4 is 14.8 Å². The SMILES string of the molecule is O=[N+]([O-])c1cc2c(cc1NCc1ccc(O)cn1)OCO2. The van der Waals surface area contributed by atoms with Gasteiger partial charge in [0.2, 0.25) is 6.79 Å². The van der Waals surface area contributed by atoms with Crippen LogP contribution in [0.25, 0.3) is 0 Å². The third-order valence-corrected chi connectivity index (χ3v) is 2.96. The van der Waals surface area contributed by atoms with Crippen molar-refractivity contribution in [1.82, 2.24) is 4.98 Å². The third kappa shape index (κ3) is 2.64. The molecule has 0 spiro atoms. The molecule has 0 unspecified atom stereocenters. The van der Waals surface area contributed by atoms with Crippen LogP contribution in [-0.4, -0.2) is 21.8 Å². The third-order valence-electron chi connectivity index (χ3n) is 2.96. The molecule has 2 heterocycles. The number of hydrogen-bond acceptors (Lipinski definition) is 7. The number of fused-ring (bicyclic) bond motifs is 1. The number of nitro groups is 1. The fourth-order valence-corrected chi connectivity index (χ4v) is 1.93. The van der Waals surface area contributed by atoms with Crippen LogP contribution in [0, 0.1) is 10.1 Å². The van der Waals surface area contributed by atoms with Crippen LogP contribution in [0.4, 0.5) is 11.4 Å². The van der Waals surface area contributed by atoms with Crippen LogP contribution in [0.1, 0.15) is 5.69 Å². The molecule has 8 nitrogen and oxygen atoms in total. The maximum Gasteiger partial charge on any atom is 0.296 e.